The number of carbonyl (C=O) groups is 2. The maximum absolute atomic E-state index is 12.5. The number of hydrogen-bond acceptors (Lipinski definition) is 3. The molecule has 104 valence electrons. The molecule has 1 aliphatic heterocycles. The maximum atomic E-state index is 12.5. The second-order valence-corrected chi connectivity index (χ2v) is 4.79. The van der Waals surface area contributed by atoms with E-state index in [2.05, 4.69) is 0 Å². The number of aryl methyl sites for hydroxylation is 1. The molecule has 0 saturated carbocycles. The van der Waals surface area contributed by atoms with Crippen LogP contribution < -0.4 is 0 Å². The summed E-state index contributed by atoms with van der Waals surface area (Å²) in [5, 5.41) is 0. The van der Waals surface area contributed by atoms with E-state index in [1.807, 2.05) is 29.8 Å². The molecule has 1 amide bonds. The van der Waals surface area contributed by atoms with Crippen LogP contribution in [0, 0.1) is 5.92 Å². The first-order valence-corrected chi connectivity index (χ1v) is 6.69. The van der Waals surface area contributed by atoms with Crippen molar-refractivity contribution in [2.24, 2.45) is 5.92 Å². The van der Waals surface area contributed by atoms with Gasteiger partial charge in [-0.3, -0.25) is 9.59 Å². The molecule has 1 fully saturated rings. The molecule has 0 aliphatic carbocycles. The number of ether oxygens (including phenoxy) is 1. The molecule has 0 radical (unpaired) electrons. The Morgan fingerprint density at radius 3 is 2.95 bits per heavy atom. The van der Waals surface area contributed by atoms with Gasteiger partial charge in [-0.05, 0) is 31.9 Å². The minimum Gasteiger partial charge on any atom is -0.469 e. The second-order valence-electron chi connectivity index (χ2n) is 4.79. The first kappa shape index (κ1) is 13.6. The van der Waals surface area contributed by atoms with Crippen molar-refractivity contribution >= 4 is 11.9 Å². The van der Waals surface area contributed by atoms with E-state index in [-0.39, 0.29) is 17.8 Å². The Balaban J connectivity index is 2.09. The number of hydrogen-bond donors (Lipinski definition) is 0. The van der Waals surface area contributed by atoms with Gasteiger partial charge in [0, 0.05) is 25.8 Å². The first-order valence-electron chi connectivity index (χ1n) is 6.69. The van der Waals surface area contributed by atoms with Gasteiger partial charge in [0.05, 0.1) is 13.0 Å². The summed E-state index contributed by atoms with van der Waals surface area (Å²) < 4.78 is 6.69. The van der Waals surface area contributed by atoms with Crippen LogP contribution in [-0.2, 0) is 16.1 Å². The van der Waals surface area contributed by atoms with Crippen molar-refractivity contribution < 1.29 is 14.3 Å². The number of methoxy groups -OCH3 is 1. The van der Waals surface area contributed by atoms with Crippen LogP contribution in [0.3, 0.4) is 0 Å². The van der Waals surface area contributed by atoms with Gasteiger partial charge in [-0.25, -0.2) is 0 Å². The summed E-state index contributed by atoms with van der Waals surface area (Å²) >= 11 is 0. The lowest BCUT2D eigenvalue weighted by molar-refractivity contribution is -0.146. The van der Waals surface area contributed by atoms with Crippen molar-refractivity contribution in [2.45, 2.75) is 26.3 Å². The lowest BCUT2D eigenvalue weighted by Gasteiger charge is -2.31. The van der Waals surface area contributed by atoms with Crippen LogP contribution in [0.25, 0.3) is 0 Å². The van der Waals surface area contributed by atoms with E-state index in [0.717, 1.165) is 19.4 Å². The van der Waals surface area contributed by atoms with E-state index in [4.69, 9.17) is 4.74 Å². The van der Waals surface area contributed by atoms with Crippen LogP contribution in [0.15, 0.2) is 18.3 Å². The van der Waals surface area contributed by atoms with Crippen molar-refractivity contribution in [1.82, 2.24) is 9.47 Å². The number of nitrogens with zero attached hydrogens (tertiary/aromatic N) is 2. The zero-order valence-corrected chi connectivity index (χ0v) is 11.5. The van der Waals surface area contributed by atoms with Crippen LogP contribution in [-0.4, -0.2) is 41.5 Å². The summed E-state index contributed by atoms with van der Waals surface area (Å²) in [6.45, 7) is 3.94. The topological polar surface area (TPSA) is 51.5 Å². The fourth-order valence-electron chi connectivity index (χ4n) is 2.57. The monoisotopic (exact) mass is 264 g/mol. The number of likely N-dealkylation sites (tertiary alicyclic amines) is 1. The van der Waals surface area contributed by atoms with Crippen molar-refractivity contribution in [2.75, 3.05) is 20.2 Å². The normalized spacial score (nSPS) is 19.3. The van der Waals surface area contributed by atoms with Gasteiger partial charge < -0.3 is 14.2 Å². The van der Waals surface area contributed by atoms with Gasteiger partial charge in [0.1, 0.15) is 5.69 Å². The molecule has 2 rings (SSSR count). The highest BCUT2D eigenvalue weighted by Crippen LogP contribution is 2.20. The average Bonchev–Trinajstić information content (AvgIpc) is 2.94. The van der Waals surface area contributed by atoms with Crippen molar-refractivity contribution in [3.8, 4) is 0 Å². The van der Waals surface area contributed by atoms with Crippen LogP contribution in [0.4, 0.5) is 0 Å². The van der Waals surface area contributed by atoms with E-state index in [9.17, 15) is 9.59 Å². The van der Waals surface area contributed by atoms with Gasteiger partial charge in [0.15, 0.2) is 0 Å². The highest BCUT2D eigenvalue weighted by molar-refractivity contribution is 5.93. The minimum atomic E-state index is -0.219. The Bertz CT molecular complexity index is 467. The summed E-state index contributed by atoms with van der Waals surface area (Å²) in [6, 6.07) is 3.70. The average molecular weight is 264 g/mol. The smallest absolute Gasteiger partial charge is 0.310 e. The molecule has 1 aliphatic rings. The lowest BCUT2D eigenvalue weighted by Crippen LogP contribution is -2.43. The summed E-state index contributed by atoms with van der Waals surface area (Å²) in [6.07, 6.45) is 3.54. The quantitative estimate of drug-likeness (QED) is 0.778. The van der Waals surface area contributed by atoms with Gasteiger partial charge in [0.2, 0.25) is 0 Å². The molecule has 2 heterocycles. The molecule has 0 unspecified atom stereocenters. The van der Waals surface area contributed by atoms with Gasteiger partial charge in [-0.1, -0.05) is 0 Å². The fourth-order valence-corrected chi connectivity index (χ4v) is 2.57. The number of rotatable bonds is 3. The molecule has 0 spiro atoms. The van der Waals surface area contributed by atoms with Gasteiger partial charge in [-0.2, -0.15) is 0 Å². The van der Waals surface area contributed by atoms with Gasteiger partial charge >= 0.3 is 5.97 Å². The third-order valence-corrected chi connectivity index (χ3v) is 3.63. The predicted molar refractivity (Wildman–Crippen MR) is 70.7 cm³/mol. The standard InChI is InChI=1S/C14H20N2O3/c1-3-15-8-5-7-12(15)13(17)16-9-4-6-11(10-16)14(18)19-2/h5,7-8,11H,3-4,6,9-10H2,1-2H3/t11-/m0/s1. The number of piperidine rings is 1. The van der Waals surface area contributed by atoms with Crippen LogP contribution in [0.1, 0.15) is 30.3 Å². The zero-order chi connectivity index (χ0) is 13.8. The Morgan fingerprint density at radius 2 is 2.26 bits per heavy atom. The molecular weight excluding hydrogens is 244 g/mol. The Kier molecular flexibility index (Phi) is 4.24. The Morgan fingerprint density at radius 1 is 1.47 bits per heavy atom. The second kappa shape index (κ2) is 5.91. The first-order chi connectivity index (χ1) is 9.17. The molecule has 0 aromatic carbocycles. The summed E-state index contributed by atoms with van der Waals surface area (Å²) in [4.78, 5) is 25.8. The molecule has 1 saturated heterocycles. The van der Waals surface area contributed by atoms with Crippen molar-refractivity contribution in [1.29, 1.82) is 0 Å². The molecular formula is C14H20N2O3. The highest BCUT2D eigenvalue weighted by atomic mass is 16.5. The van der Waals surface area contributed by atoms with Crippen LogP contribution >= 0.6 is 0 Å². The fraction of sp³-hybridized carbons (Fsp3) is 0.571. The van der Waals surface area contributed by atoms with E-state index in [1.165, 1.54) is 7.11 Å². The van der Waals surface area contributed by atoms with Crippen molar-refractivity contribution in [3.63, 3.8) is 0 Å². The van der Waals surface area contributed by atoms with Gasteiger partial charge in [0.25, 0.3) is 5.91 Å². The molecule has 0 N–H and O–H groups in total. The van der Waals surface area contributed by atoms with E-state index in [0.29, 0.717) is 18.8 Å². The molecule has 1 aromatic rings. The molecule has 5 nitrogen and oxygen atoms in total. The molecule has 0 bridgehead atoms. The summed E-state index contributed by atoms with van der Waals surface area (Å²) in [5.41, 5.74) is 0.688. The highest BCUT2D eigenvalue weighted by Gasteiger charge is 2.30. The predicted octanol–water partition coefficient (Wildman–Crippen LogP) is 1.53. The molecule has 1 aromatic heterocycles. The SMILES string of the molecule is CCn1cccc1C(=O)N1CCC[C@H](C(=O)OC)C1. The minimum absolute atomic E-state index is 0.000420. The molecule has 5 heteroatoms. The third-order valence-electron chi connectivity index (χ3n) is 3.63. The van der Waals surface area contributed by atoms with Crippen molar-refractivity contribution in [3.05, 3.63) is 24.0 Å². The number of amides is 1. The zero-order valence-electron chi connectivity index (χ0n) is 11.5. The molecule has 19 heavy (non-hydrogen) atoms. The number of esters is 1. The Hall–Kier alpha value is -1.78. The number of carbonyl (C=O) groups excluding carboxylic acids is 2. The van der Waals surface area contributed by atoms with E-state index >= 15 is 0 Å². The third kappa shape index (κ3) is 2.80. The molecule has 1 atom stereocenters. The number of aromatic nitrogens is 1. The van der Waals surface area contributed by atoms with E-state index in [1.54, 1.807) is 4.90 Å². The van der Waals surface area contributed by atoms with E-state index < -0.39 is 0 Å². The van der Waals surface area contributed by atoms with Gasteiger partial charge in [-0.15, -0.1) is 0 Å². The maximum Gasteiger partial charge on any atom is 0.310 e. The Labute approximate surface area is 113 Å². The van der Waals surface area contributed by atoms with Crippen LogP contribution in [0.2, 0.25) is 0 Å². The largest absolute Gasteiger partial charge is 0.469 e. The van der Waals surface area contributed by atoms with Crippen LogP contribution in [0.5, 0.6) is 0 Å². The summed E-state index contributed by atoms with van der Waals surface area (Å²) in [5.74, 6) is -0.406. The lowest BCUT2D eigenvalue weighted by atomic mass is 9.98. The summed E-state index contributed by atoms with van der Waals surface area (Å²) in [7, 11) is 1.39.